The molecule has 0 aliphatic carbocycles. The first-order valence-corrected chi connectivity index (χ1v) is 8.21. The first kappa shape index (κ1) is 15.2. The van der Waals surface area contributed by atoms with Crippen molar-refractivity contribution in [3.05, 3.63) is 22.4 Å². The Bertz CT molecular complexity index is 488. The van der Waals surface area contributed by atoms with Crippen LogP contribution in [0, 0.1) is 0 Å². The van der Waals surface area contributed by atoms with Gasteiger partial charge in [0.25, 0.3) is 0 Å². The summed E-state index contributed by atoms with van der Waals surface area (Å²) in [6, 6.07) is 2.22. The molecule has 1 aromatic heterocycles. The third kappa shape index (κ3) is 3.67. The van der Waals surface area contributed by atoms with Gasteiger partial charge in [-0.15, -0.1) is 11.3 Å². The third-order valence-corrected chi connectivity index (χ3v) is 5.29. The monoisotopic (exact) mass is 314 g/mol. The Hall–Kier alpha value is -1.21. The second-order valence-corrected chi connectivity index (χ2v) is 8.05. The summed E-state index contributed by atoms with van der Waals surface area (Å²) in [6.45, 7) is 5.45. The van der Waals surface area contributed by atoms with E-state index < -0.39 is 12.0 Å². The average Bonchev–Trinajstić information content (AvgIpc) is 2.87. The van der Waals surface area contributed by atoms with Gasteiger partial charge in [0, 0.05) is 28.5 Å². The topological polar surface area (TPSA) is 69.6 Å². The molecule has 1 aromatic rings. The largest absolute Gasteiger partial charge is 0.479 e. The van der Waals surface area contributed by atoms with Gasteiger partial charge in [-0.3, -0.25) is 0 Å². The van der Waals surface area contributed by atoms with Crippen LogP contribution in [0.15, 0.2) is 17.5 Å². The molecule has 1 unspecified atom stereocenters. The van der Waals surface area contributed by atoms with Crippen molar-refractivity contribution in [3.63, 3.8) is 0 Å². The van der Waals surface area contributed by atoms with E-state index >= 15 is 0 Å². The Morgan fingerprint density at radius 2 is 2.25 bits per heavy atom. The van der Waals surface area contributed by atoms with Gasteiger partial charge in [0.05, 0.1) is 0 Å². The van der Waals surface area contributed by atoms with E-state index in [4.69, 9.17) is 0 Å². The number of hydrogen-bond acceptors (Lipinski definition) is 4. The van der Waals surface area contributed by atoms with Crippen molar-refractivity contribution in [2.75, 3.05) is 18.8 Å². The predicted octanol–water partition coefficient (Wildman–Crippen LogP) is 2.41. The molecule has 0 radical (unpaired) electrons. The van der Waals surface area contributed by atoms with Crippen LogP contribution in [-0.2, 0) is 4.79 Å². The van der Waals surface area contributed by atoms with Gasteiger partial charge in [0.1, 0.15) is 0 Å². The molecule has 1 fully saturated rings. The maximum absolute atomic E-state index is 12.2. The number of carbonyl (C=O) groups excluding carboxylic acids is 1. The van der Waals surface area contributed by atoms with Crippen LogP contribution >= 0.6 is 23.1 Å². The van der Waals surface area contributed by atoms with E-state index in [0.717, 1.165) is 5.75 Å². The normalized spacial score (nSPS) is 19.4. The Labute approximate surface area is 126 Å². The number of nitrogens with zero attached hydrogens (tertiary/aromatic N) is 1. The summed E-state index contributed by atoms with van der Waals surface area (Å²) in [7, 11) is 0. The van der Waals surface area contributed by atoms with E-state index in [1.807, 2.05) is 11.8 Å². The van der Waals surface area contributed by atoms with Crippen molar-refractivity contribution in [2.45, 2.75) is 24.6 Å². The van der Waals surface area contributed by atoms with Crippen LogP contribution in [0.25, 0.3) is 0 Å². The minimum absolute atomic E-state index is 0.0112. The minimum Gasteiger partial charge on any atom is -0.479 e. The molecule has 110 valence electrons. The van der Waals surface area contributed by atoms with E-state index in [2.05, 4.69) is 19.2 Å². The summed E-state index contributed by atoms with van der Waals surface area (Å²) in [5.74, 6) is -0.164. The molecule has 2 rings (SSSR count). The highest BCUT2D eigenvalue weighted by atomic mass is 32.2. The summed E-state index contributed by atoms with van der Waals surface area (Å²) in [4.78, 5) is 25.9. The first-order valence-electron chi connectivity index (χ1n) is 6.35. The fraction of sp³-hybridized carbons (Fsp3) is 0.538. The quantitative estimate of drug-likeness (QED) is 0.899. The summed E-state index contributed by atoms with van der Waals surface area (Å²) in [6.07, 6.45) is 0. The lowest BCUT2D eigenvalue weighted by Gasteiger charge is -2.37. The van der Waals surface area contributed by atoms with Gasteiger partial charge in [0.15, 0.2) is 6.04 Å². The zero-order chi connectivity index (χ0) is 14.8. The number of aliphatic carboxylic acids is 1. The number of thioether (sulfide) groups is 1. The van der Waals surface area contributed by atoms with Crippen LogP contribution in [-0.4, -0.2) is 45.6 Å². The molecule has 5 nitrogen and oxygen atoms in total. The second kappa shape index (κ2) is 6.05. The van der Waals surface area contributed by atoms with Gasteiger partial charge < -0.3 is 15.3 Å². The average molecular weight is 314 g/mol. The van der Waals surface area contributed by atoms with Gasteiger partial charge in [-0.2, -0.15) is 11.8 Å². The van der Waals surface area contributed by atoms with E-state index in [-0.39, 0.29) is 10.8 Å². The molecular formula is C13H18N2O3S2. The number of thiophene rings is 1. The SMILES string of the molecule is CC1(C)CN(C(=O)NC(C(=O)O)c2cccs2)CCS1. The molecule has 2 heterocycles. The molecule has 1 aliphatic rings. The molecule has 20 heavy (non-hydrogen) atoms. The smallest absolute Gasteiger partial charge is 0.331 e. The molecule has 1 atom stereocenters. The van der Waals surface area contributed by atoms with Gasteiger partial charge in [-0.25, -0.2) is 9.59 Å². The van der Waals surface area contributed by atoms with E-state index in [1.165, 1.54) is 11.3 Å². The van der Waals surface area contributed by atoms with Gasteiger partial charge in [-0.1, -0.05) is 6.07 Å². The summed E-state index contributed by atoms with van der Waals surface area (Å²) in [5, 5.41) is 13.7. The second-order valence-electron chi connectivity index (χ2n) is 5.27. The molecule has 1 aliphatic heterocycles. The van der Waals surface area contributed by atoms with Crippen LogP contribution in [0.3, 0.4) is 0 Å². The minimum atomic E-state index is -1.04. The Kier molecular flexibility index (Phi) is 4.59. The number of rotatable bonds is 3. The maximum Gasteiger partial charge on any atom is 0.331 e. The molecular weight excluding hydrogens is 296 g/mol. The highest BCUT2D eigenvalue weighted by molar-refractivity contribution is 8.00. The highest BCUT2D eigenvalue weighted by Gasteiger charge is 2.32. The van der Waals surface area contributed by atoms with Gasteiger partial charge in [-0.05, 0) is 25.3 Å². The van der Waals surface area contributed by atoms with E-state index in [1.54, 1.807) is 22.4 Å². The molecule has 2 amide bonds. The number of carbonyl (C=O) groups is 2. The number of carboxylic acid groups (broad SMARTS) is 1. The van der Waals surface area contributed by atoms with Crippen molar-refractivity contribution in [1.82, 2.24) is 10.2 Å². The van der Waals surface area contributed by atoms with Crippen molar-refractivity contribution in [3.8, 4) is 0 Å². The van der Waals surface area contributed by atoms with Gasteiger partial charge >= 0.3 is 12.0 Å². The lowest BCUT2D eigenvalue weighted by Crippen LogP contribution is -2.51. The molecule has 0 spiro atoms. The molecule has 1 saturated heterocycles. The number of amides is 2. The van der Waals surface area contributed by atoms with Crippen molar-refractivity contribution in [1.29, 1.82) is 0 Å². The zero-order valence-electron chi connectivity index (χ0n) is 11.5. The van der Waals surface area contributed by atoms with Crippen LogP contribution in [0.5, 0.6) is 0 Å². The lowest BCUT2D eigenvalue weighted by molar-refractivity contribution is -0.139. The van der Waals surface area contributed by atoms with Crippen LogP contribution in [0.2, 0.25) is 0 Å². The van der Waals surface area contributed by atoms with Crippen molar-refractivity contribution in [2.24, 2.45) is 0 Å². The third-order valence-electron chi connectivity index (χ3n) is 3.06. The first-order chi connectivity index (χ1) is 9.39. The summed E-state index contributed by atoms with van der Waals surface area (Å²) in [5.41, 5.74) is 0. The molecule has 7 heteroatoms. The highest BCUT2D eigenvalue weighted by Crippen LogP contribution is 2.29. The Balaban J connectivity index is 2.04. The standard InChI is InChI=1S/C13H18N2O3S2/c1-13(2)8-15(5-7-20-13)12(18)14-10(11(16)17)9-4-3-6-19-9/h3-4,6,10H,5,7-8H2,1-2H3,(H,14,18)(H,16,17). The number of urea groups is 1. The summed E-state index contributed by atoms with van der Waals surface area (Å²) >= 11 is 3.16. The van der Waals surface area contributed by atoms with Crippen molar-refractivity contribution >= 4 is 35.1 Å². The molecule has 0 aromatic carbocycles. The van der Waals surface area contributed by atoms with Crippen LogP contribution in [0.1, 0.15) is 24.8 Å². The Morgan fingerprint density at radius 3 is 2.80 bits per heavy atom. The molecule has 0 saturated carbocycles. The number of hydrogen-bond donors (Lipinski definition) is 2. The molecule has 2 N–H and O–H groups in total. The zero-order valence-corrected chi connectivity index (χ0v) is 13.1. The van der Waals surface area contributed by atoms with Crippen LogP contribution < -0.4 is 5.32 Å². The number of nitrogens with one attached hydrogen (secondary N) is 1. The van der Waals surface area contributed by atoms with Crippen LogP contribution in [0.4, 0.5) is 4.79 Å². The molecule has 0 bridgehead atoms. The maximum atomic E-state index is 12.2. The van der Waals surface area contributed by atoms with Crippen molar-refractivity contribution < 1.29 is 14.7 Å². The van der Waals surface area contributed by atoms with E-state index in [0.29, 0.717) is 18.0 Å². The summed E-state index contributed by atoms with van der Waals surface area (Å²) < 4.78 is 0.0112. The van der Waals surface area contributed by atoms with Gasteiger partial charge in [0.2, 0.25) is 0 Å². The predicted molar refractivity (Wildman–Crippen MR) is 81.3 cm³/mol. The fourth-order valence-electron chi connectivity index (χ4n) is 2.11. The van der Waals surface area contributed by atoms with E-state index in [9.17, 15) is 14.7 Å². The number of carboxylic acids is 1. The Morgan fingerprint density at radius 1 is 1.50 bits per heavy atom. The fourth-order valence-corrected chi connectivity index (χ4v) is 3.99. The lowest BCUT2D eigenvalue weighted by atomic mass is 10.2.